The number of ether oxygens (including phenoxy) is 2. The number of amides is 1. The molecule has 2 N–H and O–H groups in total. The average molecular weight is 423 g/mol. The molecule has 0 bridgehead atoms. The van der Waals surface area contributed by atoms with Crippen LogP contribution in [0.1, 0.15) is 29.0 Å². The van der Waals surface area contributed by atoms with E-state index < -0.39 is 5.92 Å². The first kappa shape index (κ1) is 20.0. The molecular formula is C22H21N3O4S. The number of carbonyl (C=O) groups excluding carboxylic acids is 1. The summed E-state index contributed by atoms with van der Waals surface area (Å²) < 4.78 is 10.7. The van der Waals surface area contributed by atoms with Crippen molar-refractivity contribution in [2.24, 2.45) is 0 Å². The van der Waals surface area contributed by atoms with Gasteiger partial charge in [0.15, 0.2) is 16.7 Å². The van der Waals surface area contributed by atoms with Crippen molar-refractivity contribution in [3.8, 4) is 11.5 Å². The molecule has 3 aromatic rings. The van der Waals surface area contributed by atoms with Gasteiger partial charge in [-0.3, -0.25) is 9.59 Å². The third-order valence-electron chi connectivity index (χ3n) is 4.96. The van der Waals surface area contributed by atoms with Crippen molar-refractivity contribution in [3.05, 3.63) is 75.6 Å². The largest absolute Gasteiger partial charge is 0.493 e. The summed E-state index contributed by atoms with van der Waals surface area (Å²) in [6.07, 6.45) is 0.156. The van der Waals surface area contributed by atoms with Crippen molar-refractivity contribution < 1.29 is 14.3 Å². The van der Waals surface area contributed by atoms with Crippen LogP contribution in [0.5, 0.6) is 11.5 Å². The second-order valence-corrected chi connectivity index (χ2v) is 7.79. The minimum absolute atomic E-state index is 0.156. The molecule has 1 aliphatic rings. The van der Waals surface area contributed by atoms with E-state index >= 15 is 0 Å². The van der Waals surface area contributed by atoms with Crippen LogP contribution in [0, 0.1) is 0 Å². The van der Waals surface area contributed by atoms with Crippen molar-refractivity contribution in [3.63, 3.8) is 0 Å². The van der Waals surface area contributed by atoms with Gasteiger partial charge >= 0.3 is 0 Å². The van der Waals surface area contributed by atoms with Gasteiger partial charge in [-0.15, -0.1) is 0 Å². The number of rotatable bonds is 6. The molecule has 1 atom stereocenters. The summed E-state index contributed by atoms with van der Waals surface area (Å²) in [5.74, 6) is 1.50. The van der Waals surface area contributed by atoms with Crippen LogP contribution >= 0.6 is 11.8 Å². The van der Waals surface area contributed by atoms with Crippen molar-refractivity contribution in [2.45, 2.75) is 23.2 Å². The Bertz CT molecular complexity index is 1130. The van der Waals surface area contributed by atoms with Gasteiger partial charge < -0.3 is 19.8 Å². The normalized spacial score (nSPS) is 15.3. The maximum atomic E-state index is 12.9. The number of nitrogens with one attached hydrogen (secondary N) is 2. The number of hydrogen-bond acceptors (Lipinski definition) is 6. The van der Waals surface area contributed by atoms with Gasteiger partial charge in [-0.25, -0.2) is 4.98 Å². The molecule has 0 aliphatic carbocycles. The first-order valence-electron chi connectivity index (χ1n) is 9.41. The Labute approximate surface area is 177 Å². The van der Waals surface area contributed by atoms with Crippen LogP contribution in [0.2, 0.25) is 0 Å². The van der Waals surface area contributed by atoms with Crippen molar-refractivity contribution in [1.82, 2.24) is 9.97 Å². The Kier molecular flexibility index (Phi) is 5.76. The molecule has 0 unspecified atom stereocenters. The average Bonchev–Trinajstić information content (AvgIpc) is 2.77. The van der Waals surface area contributed by atoms with Gasteiger partial charge in [0.05, 0.1) is 19.8 Å². The molecule has 8 heteroatoms. The third kappa shape index (κ3) is 4.04. The molecule has 0 saturated heterocycles. The number of thioether (sulfide) groups is 1. The standard InChI is InChI=1S/C22H21N3O4S/c1-28-16-9-8-14(10-17(16)29-2)15-11-18(26)23-20-19(15)21(27)25-22(24-20)30-12-13-6-4-3-5-7-13/h3-10,15H,11-12H2,1-2H3,(H2,23,24,25,26,27)/t15-/m0/s1. The quantitative estimate of drug-likeness (QED) is 0.465. The van der Waals surface area contributed by atoms with Crippen molar-refractivity contribution in [2.75, 3.05) is 19.5 Å². The minimum Gasteiger partial charge on any atom is -0.493 e. The topological polar surface area (TPSA) is 93.3 Å². The molecule has 2 aromatic carbocycles. The summed E-state index contributed by atoms with van der Waals surface area (Å²) in [5.41, 5.74) is 2.11. The minimum atomic E-state index is -0.419. The number of benzene rings is 2. The molecule has 0 saturated carbocycles. The second kappa shape index (κ2) is 8.62. The highest BCUT2D eigenvalue weighted by atomic mass is 32.2. The molecule has 4 rings (SSSR count). The molecule has 30 heavy (non-hydrogen) atoms. The Morgan fingerprint density at radius 1 is 1.07 bits per heavy atom. The summed E-state index contributed by atoms with van der Waals surface area (Å²) in [6, 6.07) is 15.3. The molecule has 1 aromatic heterocycles. The maximum absolute atomic E-state index is 12.9. The molecular weight excluding hydrogens is 402 g/mol. The van der Waals surface area contributed by atoms with Crippen LogP contribution in [0.25, 0.3) is 0 Å². The number of nitrogens with zero attached hydrogens (tertiary/aromatic N) is 1. The second-order valence-electron chi connectivity index (χ2n) is 6.83. The highest BCUT2D eigenvalue weighted by molar-refractivity contribution is 7.98. The summed E-state index contributed by atoms with van der Waals surface area (Å²) >= 11 is 1.42. The predicted octanol–water partition coefficient (Wildman–Crippen LogP) is 3.55. The molecule has 0 fully saturated rings. The number of carbonyl (C=O) groups is 1. The Hall–Kier alpha value is -3.26. The van der Waals surface area contributed by atoms with Gasteiger partial charge in [0, 0.05) is 18.1 Å². The lowest BCUT2D eigenvalue weighted by Gasteiger charge is -2.25. The number of hydrogen-bond donors (Lipinski definition) is 2. The fraction of sp³-hybridized carbons (Fsp3) is 0.227. The molecule has 0 radical (unpaired) electrons. The predicted molar refractivity (Wildman–Crippen MR) is 115 cm³/mol. The van der Waals surface area contributed by atoms with Crippen LogP contribution in [-0.4, -0.2) is 30.1 Å². The monoisotopic (exact) mass is 423 g/mol. The van der Waals surface area contributed by atoms with E-state index in [2.05, 4.69) is 15.3 Å². The first-order chi connectivity index (χ1) is 14.6. The van der Waals surface area contributed by atoms with E-state index in [1.807, 2.05) is 36.4 Å². The van der Waals surface area contributed by atoms with E-state index in [0.717, 1.165) is 11.1 Å². The van der Waals surface area contributed by atoms with Crippen molar-refractivity contribution in [1.29, 1.82) is 0 Å². The zero-order valence-electron chi connectivity index (χ0n) is 16.6. The Morgan fingerprint density at radius 3 is 2.57 bits per heavy atom. The Morgan fingerprint density at radius 2 is 1.83 bits per heavy atom. The lowest BCUT2D eigenvalue weighted by Crippen LogP contribution is -2.31. The van der Waals surface area contributed by atoms with E-state index in [9.17, 15) is 9.59 Å². The summed E-state index contributed by atoms with van der Waals surface area (Å²) in [7, 11) is 3.11. The van der Waals surface area contributed by atoms with E-state index in [1.165, 1.54) is 11.8 Å². The summed E-state index contributed by atoms with van der Waals surface area (Å²) in [4.78, 5) is 32.7. The van der Waals surface area contributed by atoms with Crippen LogP contribution in [0.4, 0.5) is 5.82 Å². The van der Waals surface area contributed by atoms with Crippen LogP contribution in [0.3, 0.4) is 0 Å². The summed E-state index contributed by atoms with van der Waals surface area (Å²) in [5, 5.41) is 3.22. The maximum Gasteiger partial charge on any atom is 0.257 e. The van der Waals surface area contributed by atoms with E-state index in [1.54, 1.807) is 26.4 Å². The molecule has 7 nitrogen and oxygen atoms in total. The lowest BCUT2D eigenvalue weighted by molar-refractivity contribution is -0.116. The van der Waals surface area contributed by atoms with Gasteiger partial charge in [-0.2, -0.15) is 0 Å². The highest BCUT2D eigenvalue weighted by Crippen LogP contribution is 2.38. The fourth-order valence-corrected chi connectivity index (χ4v) is 4.32. The number of aromatic amines is 1. The van der Waals surface area contributed by atoms with Crippen LogP contribution in [-0.2, 0) is 10.5 Å². The van der Waals surface area contributed by atoms with Crippen LogP contribution < -0.4 is 20.3 Å². The first-order valence-corrected chi connectivity index (χ1v) is 10.4. The van der Waals surface area contributed by atoms with Gasteiger partial charge in [0.1, 0.15) is 5.82 Å². The van der Waals surface area contributed by atoms with Gasteiger partial charge in [-0.1, -0.05) is 48.2 Å². The lowest BCUT2D eigenvalue weighted by atomic mass is 9.86. The van der Waals surface area contributed by atoms with E-state index in [4.69, 9.17) is 9.47 Å². The smallest absolute Gasteiger partial charge is 0.257 e. The molecule has 0 spiro atoms. The van der Waals surface area contributed by atoms with Gasteiger partial charge in [0.25, 0.3) is 5.56 Å². The molecule has 1 aliphatic heterocycles. The van der Waals surface area contributed by atoms with E-state index in [0.29, 0.717) is 33.8 Å². The zero-order chi connectivity index (χ0) is 21.1. The summed E-state index contributed by atoms with van der Waals surface area (Å²) in [6.45, 7) is 0. The highest BCUT2D eigenvalue weighted by Gasteiger charge is 2.31. The van der Waals surface area contributed by atoms with Gasteiger partial charge in [-0.05, 0) is 23.3 Å². The number of fused-ring (bicyclic) bond motifs is 1. The van der Waals surface area contributed by atoms with Crippen molar-refractivity contribution >= 4 is 23.5 Å². The molecule has 154 valence electrons. The SMILES string of the molecule is COc1ccc([C@@H]2CC(=O)Nc3nc(SCc4ccccc4)[nH]c(=O)c32)cc1OC. The number of anilines is 1. The van der Waals surface area contributed by atoms with Gasteiger partial charge in [0.2, 0.25) is 5.91 Å². The number of H-pyrrole nitrogens is 1. The molecule has 2 heterocycles. The molecule has 1 amide bonds. The fourth-order valence-electron chi connectivity index (χ4n) is 3.50. The Balaban J connectivity index is 1.68. The van der Waals surface area contributed by atoms with E-state index in [-0.39, 0.29) is 17.9 Å². The third-order valence-corrected chi connectivity index (χ3v) is 5.90. The van der Waals surface area contributed by atoms with Crippen LogP contribution in [0.15, 0.2) is 58.5 Å². The number of methoxy groups -OCH3 is 2. The zero-order valence-corrected chi connectivity index (χ0v) is 17.4. The number of aromatic nitrogens is 2.